The van der Waals surface area contributed by atoms with Crippen molar-refractivity contribution in [1.82, 2.24) is 9.21 Å². The van der Waals surface area contributed by atoms with E-state index in [0.717, 1.165) is 36.1 Å². The van der Waals surface area contributed by atoms with Gasteiger partial charge in [0.2, 0.25) is 0 Å². The Balaban J connectivity index is 1.63. The normalized spacial score (nSPS) is 26.5. The smallest absolute Gasteiger partial charge is 0.252 e. The van der Waals surface area contributed by atoms with Crippen LogP contribution in [0.4, 0.5) is 0 Å². The summed E-state index contributed by atoms with van der Waals surface area (Å²) in [5.41, 5.74) is 0. The maximum Gasteiger partial charge on any atom is 0.252 e. The number of β-amino-alcohol motifs (C(OH)–C–C–N with tert-alkyl or cyclic N) is 1. The van der Waals surface area contributed by atoms with Gasteiger partial charge in [-0.3, -0.25) is 4.90 Å². The molecule has 1 aromatic heterocycles. The summed E-state index contributed by atoms with van der Waals surface area (Å²) in [5.74, 6) is 0. The van der Waals surface area contributed by atoms with Gasteiger partial charge in [-0.2, -0.15) is 4.31 Å². The van der Waals surface area contributed by atoms with Crippen LogP contribution in [0.1, 0.15) is 19.3 Å². The first kappa shape index (κ1) is 15.9. The fourth-order valence-electron chi connectivity index (χ4n) is 3.11. The molecule has 2 aliphatic heterocycles. The number of rotatable bonds is 3. The maximum atomic E-state index is 12.5. The van der Waals surface area contributed by atoms with E-state index in [9.17, 15) is 13.5 Å². The highest BCUT2D eigenvalue weighted by Crippen LogP contribution is 2.31. The Morgan fingerprint density at radius 1 is 1.19 bits per heavy atom. The van der Waals surface area contributed by atoms with Crippen LogP contribution in [0.2, 0.25) is 0 Å². The molecule has 8 heteroatoms. The summed E-state index contributed by atoms with van der Waals surface area (Å²) in [5, 5.41) is 9.61. The van der Waals surface area contributed by atoms with Crippen molar-refractivity contribution in [3.63, 3.8) is 0 Å². The van der Waals surface area contributed by atoms with Crippen LogP contribution in [-0.2, 0) is 10.0 Å². The zero-order valence-corrected chi connectivity index (χ0v) is 14.8. The number of hydrogen-bond acceptors (Lipinski definition) is 5. The van der Waals surface area contributed by atoms with Gasteiger partial charge in [-0.25, -0.2) is 8.42 Å². The monoisotopic (exact) mass is 394 g/mol. The molecule has 118 valence electrons. The van der Waals surface area contributed by atoms with Crippen molar-refractivity contribution in [2.24, 2.45) is 0 Å². The van der Waals surface area contributed by atoms with Gasteiger partial charge in [-0.1, -0.05) is 0 Å². The second kappa shape index (κ2) is 6.25. The molecule has 0 saturated carbocycles. The third kappa shape index (κ3) is 3.35. The number of aliphatic hydroxyl groups is 1. The van der Waals surface area contributed by atoms with Crippen molar-refractivity contribution in [2.45, 2.75) is 35.6 Å². The quantitative estimate of drug-likeness (QED) is 0.847. The molecule has 1 N–H and O–H groups in total. The average molecular weight is 395 g/mol. The fourth-order valence-corrected chi connectivity index (χ4v) is 6.74. The topological polar surface area (TPSA) is 60.9 Å². The van der Waals surface area contributed by atoms with E-state index >= 15 is 0 Å². The van der Waals surface area contributed by atoms with Gasteiger partial charge in [0.25, 0.3) is 10.0 Å². The predicted molar refractivity (Wildman–Crippen MR) is 86.0 cm³/mol. The van der Waals surface area contributed by atoms with Crippen LogP contribution in [0.3, 0.4) is 0 Å². The number of piperidine rings is 1. The minimum Gasteiger partial charge on any atom is -0.392 e. The number of aliphatic hydroxyl groups excluding tert-OH is 1. The molecule has 0 amide bonds. The summed E-state index contributed by atoms with van der Waals surface area (Å²) < 4.78 is 27.9. The lowest BCUT2D eigenvalue weighted by Gasteiger charge is -2.35. The van der Waals surface area contributed by atoms with Gasteiger partial charge in [0, 0.05) is 32.2 Å². The first-order valence-corrected chi connectivity index (χ1v) is 10.2. The number of thiophene rings is 1. The average Bonchev–Trinajstić information content (AvgIpc) is 3.08. The summed E-state index contributed by atoms with van der Waals surface area (Å²) in [7, 11) is -3.34. The van der Waals surface area contributed by atoms with Crippen LogP contribution < -0.4 is 0 Å². The summed E-state index contributed by atoms with van der Waals surface area (Å²) in [6.45, 7) is 2.79. The van der Waals surface area contributed by atoms with Gasteiger partial charge in [0.05, 0.1) is 9.89 Å². The second-order valence-electron chi connectivity index (χ2n) is 5.63. The van der Waals surface area contributed by atoms with E-state index in [4.69, 9.17) is 0 Å². The van der Waals surface area contributed by atoms with E-state index in [0.29, 0.717) is 23.3 Å². The van der Waals surface area contributed by atoms with Crippen molar-refractivity contribution in [2.75, 3.05) is 26.2 Å². The lowest BCUT2D eigenvalue weighted by Crippen LogP contribution is -2.46. The van der Waals surface area contributed by atoms with Crippen LogP contribution in [0, 0.1) is 0 Å². The summed E-state index contributed by atoms with van der Waals surface area (Å²) in [4.78, 5) is 2.30. The van der Waals surface area contributed by atoms with E-state index in [1.165, 1.54) is 11.3 Å². The molecule has 0 radical (unpaired) electrons. The Morgan fingerprint density at radius 3 is 2.43 bits per heavy atom. The predicted octanol–water partition coefficient (Wildman–Crippen LogP) is 1.73. The molecule has 0 aliphatic carbocycles. The largest absolute Gasteiger partial charge is 0.392 e. The highest BCUT2D eigenvalue weighted by Gasteiger charge is 2.34. The third-order valence-corrected chi connectivity index (χ3v) is 8.27. The van der Waals surface area contributed by atoms with E-state index in [2.05, 4.69) is 20.8 Å². The number of nitrogens with zero attached hydrogens (tertiary/aromatic N) is 2. The maximum absolute atomic E-state index is 12.5. The molecule has 2 aliphatic rings. The summed E-state index contributed by atoms with van der Waals surface area (Å²) in [6, 6.07) is 3.84. The number of hydrogen-bond donors (Lipinski definition) is 1. The molecule has 0 aromatic carbocycles. The van der Waals surface area contributed by atoms with Gasteiger partial charge in [-0.05, 0) is 47.3 Å². The number of halogens is 1. The molecule has 5 nitrogen and oxygen atoms in total. The lowest BCUT2D eigenvalue weighted by molar-refractivity contribution is 0.132. The first-order chi connectivity index (χ1) is 9.96. The minimum atomic E-state index is -3.34. The zero-order chi connectivity index (χ0) is 15.0. The molecule has 3 heterocycles. The van der Waals surface area contributed by atoms with Crippen LogP contribution >= 0.6 is 27.3 Å². The standard InChI is InChI=1S/C13H19BrN2O3S2/c14-12-1-2-13(20-12)21(18,19)16-7-3-10(4-8-16)15-6-5-11(17)9-15/h1-2,10-11,17H,3-9H2/t11-/m1/s1. The van der Waals surface area contributed by atoms with Gasteiger partial charge in [0.15, 0.2) is 0 Å². The van der Waals surface area contributed by atoms with Gasteiger partial charge in [0.1, 0.15) is 4.21 Å². The molecular formula is C13H19BrN2O3S2. The van der Waals surface area contributed by atoms with E-state index < -0.39 is 10.0 Å². The lowest BCUT2D eigenvalue weighted by atomic mass is 10.1. The molecule has 2 saturated heterocycles. The van der Waals surface area contributed by atoms with Crippen LogP contribution in [0.5, 0.6) is 0 Å². The van der Waals surface area contributed by atoms with E-state index in [1.54, 1.807) is 16.4 Å². The van der Waals surface area contributed by atoms with E-state index in [-0.39, 0.29) is 6.10 Å². The Hall–Kier alpha value is 0.01000. The molecular weight excluding hydrogens is 376 g/mol. The minimum absolute atomic E-state index is 0.213. The van der Waals surface area contributed by atoms with E-state index in [1.807, 2.05) is 0 Å². The van der Waals surface area contributed by atoms with Crippen molar-refractivity contribution < 1.29 is 13.5 Å². The zero-order valence-electron chi connectivity index (χ0n) is 11.6. The fraction of sp³-hybridized carbons (Fsp3) is 0.692. The Morgan fingerprint density at radius 2 is 1.90 bits per heavy atom. The Labute approximate surface area is 137 Å². The molecule has 0 unspecified atom stereocenters. The highest BCUT2D eigenvalue weighted by atomic mass is 79.9. The molecule has 2 fully saturated rings. The Bertz CT molecular complexity index is 596. The third-order valence-electron chi connectivity index (χ3n) is 4.28. The molecule has 21 heavy (non-hydrogen) atoms. The van der Waals surface area contributed by atoms with Crippen LogP contribution in [-0.4, -0.2) is 61.1 Å². The molecule has 0 spiro atoms. The number of sulfonamides is 1. The van der Waals surface area contributed by atoms with Gasteiger partial charge >= 0.3 is 0 Å². The second-order valence-corrected chi connectivity index (χ2v) is 10.3. The molecule has 1 atom stereocenters. The number of likely N-dealkylation sites (tertiary alicyclic amines) is 1. The van der Waals surface area contributed by atoms with Crippen molar-refractivity contribution >= 4 is 37.3 Å². The van der Waals surface area contributed by atoms with Crippen molar-refractivity contribution in [3.05, 3.63) is 15.9 Å². The SMILES string of the molecule is O=S(=O)(c1ccc(Br)s1)N1CCC(N2CC[C@@H](O)C2)CC1. The molecule has 0 bridgehead atoms. The van der Waals surface area contributed by atoms with Crippen LogP contribution in [0.15, 0.2) is 20.1 Å². The molecule has 1 aromatic rings. The summed E-state index contributed by atoms with van der Waals surface area (Å²) >= 11 is 4.57. The van der Waals surface area contributed by atoms with Gasteiger partial charge < -0.3 is 5.11 Å². The van der Waals surface area contributed by atoms with Crippen molar-refractivity contribution in [3.8, 4) is 0 Å². The first-order valence-electron chi connectivity index (χ1n) is 7.14. The molecule has 3 rings (SSSR count). The Kier molecular flexibility index (Phi) is 4.73. The van der Waals surface area contributed by atoms with Crippen molar-refractivity contribution in [1.29, 1.82) is 0 Å². The van der Waals surface area contributed by atoms with Gasteiger partial charge in [-0.15, -0.1) is 11.3 Å². The summed E-state index contributed by atoms with van der Waals surface area (Å²) in [6.07, 6.45) is 2.31. The highest BCUT2D eigenvalue weighted by molar-refractivity contribution is 9.11. The van der Waals surface area contributed by atoms with Crippen LogP contribution in [0.25, 0.3) is 0 Å².